The molecule has 0 heterocycles. The molecule has 0 saturated heterocycles. The van der Waals surface area contributed by atoms with E-state index in [1.54, 1.807) is 0 Å². The number of nitro benzene ring substituents is 1. The number of carbonyl (C=O) groups excluding carboxylic acids is 1. The summed E-state index contributed by atoms with van der Waals surface area (Å²) in [5, 5.41) is 13.0. The van der Waals surface area contributed by atoms with Crippen molar-refractivity contribution in [3.05, 3.63) is 64.0 Å². The summed E-state index contributed by atoms with van der Waals surface area (Å²) in [6, 6.07) is 8.38. The zero-order valence-electron chi connectivity index (χ0n) is 11.8. The highest BCUT2D eigenvalue weighted by Gasteiger charge is 2.20. The quantitative estimate of drug-likeness (QED) is 0.680. The van der Waals surface area contributed by atoms with Crippen molar-refractivity contribution in [3.63, 3.8) is 0 Å². The van der Waals surface area contributed by atoms with Gasteiger partial charge in [-0.25, -0.2) is 8.42 Å². The first kappa shape index (κ1) is 16.6. The van der Waals surface area contributed by atoms with Crippen molar-refractivity contribution >= 4 is 27.1 Å². The average Bonchev–Trinajstić information content (AvgIpc) is 2.48. The SMILES string of the molecule is CS(=O)(=O)c1ccccc1C(=O)Nc1ccc(F)c([N+](=O)[O-])c1. The minimum atomic E-state index is -3.63. The standard InChI is InChI=1S/C14H11FN2O5S/c1-23(21,22)13-5-3-2-4-10(13)14(18)16-9-6-7-11(15)12(8-9)17(19)20/h2-8H,1H3,(H,16,18). The summed E-state index contributed by atoms with van der Waals surface area (Å²) in [6.07, 6.45) is 0.960. The molecule has 9 heteroatoms. The van der Waals surface area contributed by atoms with E-state index in [0.717, 1.165) is 24.5 Å². The Morgan fingerprint density at radius 3 is 2.48 bits per heavy atom. The maximum absolute atomic E-state index is 13.3. The third-order valence-corrected chi connectivity index (χ3v) is 4.09. The van der Waals surface area contributed by atoms with Gasteiger partial charge < -0.3 is 5.32 Å². The van der Waals surface area contributed by atoms with Crippen molar-refractivity contribution < 1.29 is 22.5 Å². The average molecular weight is 338 g/mol. The Balaban J connectivity index is 2.38. The molecule has 2 aromatic carbocycles. The second kappa shape index (κ2) is 6.13. The van der Waals surface area contributed by atoms with Crippen molar-refractivity contribution in [2.24, 2.45) is 0 Å². The van der Waals surface area contributed by atoms with Crippen LogP contribution in [-0.2, 0) is 9.84 Å². The molecule has 7 nitrogen and oxygen atoms in total. The molecule has 0 aliphatic rings. The van der Waals surface area contributed by atoms with Crippen LogP contribution >= 0.6 is 0 Å². The number of hydrogen-bond donors (Lipinski definition) is 1. The van der Waals surface area contributed by atoms with Crippen LogP contribution in [0.25, 0.3) is 0 Å². The first-order valence-corrected chi connectivity index (χ1v) is 8.13. The minimum Gasteiger partial charge on any atom is -0.322 e. The summed E-state index contributed by atoms with van der Waals surface area (Å²) in [5.74, 6) is -1.81. The lowest BCUT2D eigenvalue weighted by Crippen LogP contribution is -2.16. The molecular weight excluding hydrogens is 327 g/mol. The molecule has 0 radical (unpaired) electrons. The summed E-state index contributed by atoms with van der Waals surface area (Å²) in [4.78, 5) is 21.8. The summed E-state index contributed by atoms with van der Waals surface area (Å²) in [7, 11) is -3.63. The Morgan fingerprint density at radius 1 is 1.22 bits per heavy atom. The van der Waals surface area contributed by atoms with Gasteiger partial charge in [-0.1, -0.05) is 12.1 Å². The van der Waals surface area contributed by atoms with E-state index in [9.17, 15) is 27.7 Å². The van der Waals surface area contributed by atoms with Gasteiger partial charge in [-0.3, -0.25) is 14.9 Å². The van der Waals surface area contributed by atoms with Crippen LogP contribution in [0.3, 0.4) is 0 Å². The maximum atomic E-state index is 13.3. The molecular formula is C14H11FN2O5S. The van der Waals surface area contributed by atoms with Gasteiger partial charge in [-0.2, -0.15) is 4.39 Å². The molecule has 0 spiro atoms. The third kappa shape index (κ3) is 3.69. The first-order valence-electron chi connectivity index (χ1n) is 6.24. The fourth-order valence-electron chi connectivity index (χ4n) is 1.91. The summed E-state index contributed by atoms with van der Waals surface area (Å²) in [5.41, 5.74) is -0.924. The summed E-state index contributed by atoms with van der Waals surface area (Å²) < 4.78 is 36.6. The first-order chi connectivity index (χ1) is 10.7. The molecule has 0 atom stereocenters. The monoisotopic (exact) mass is 338 g/mol. The molecule has 0 fully saturated rings. The lowest BCUT2D eigenvalue weighted by molar-refractivity contribution is -0.387. The lowest BCUT2D eigenvalue weighted by Gasteiger charge is -2.09. The van der Waals surface area contributed by atoms with Crippen LogP contribution in [0.4, 0.5) is 15.8 Å². The minimum absolute atomic E-state index is 0.0218. The van der Waals surface area contributed by atoms with Gasteiger partial charge >= 0.3 is 5.69 Å². The Morgan fingerprint density at radius 2 is 1.87 bits per heavy atom. The van der Waals surface area contributed by atoms with E-state index in [-0.39, 0.29) is 16.1 Å². The fraction of sp³-hybridized carbons (Fsp3) is 0.0714. The van der Waals surface area contributed by atoms with Crippen LogP contribution < -0.4 is 5.32 Å². The predicted octanol–water partition coefficient (Wildman–Crippen LogP) is 2.39. The molecule has 2 aromatic rings. The number of nitro groups is 1. The van der Waals surface area contributed by atoms with Gasteiger partial charge in [0.25, 0.3) is 5.91 Å². The van der Waals surface area contributed by atoms with Crippen molar-refractivity contribution in [1.29, 1.82) is 0 Å². The number of halogens is 1. The van der Waals surface area contributed by atoms with Gasteiger partial charge in [0.15, 0.2) is 9.84 Å². The molecule has 0 aliphatic heterocycles. The number of amides is 1. The van der Waals surface area contributed by atoms with Crippen LogP contribution in [-0.4, -0.2) is 25.5 Å². The van der Waals surface area contributed by atoms with Crippen molar-refractivity contribution in [2.45, 2.75) is 4.90 Å². The molecule has 0 unspecified atom stereocenters. The Kier molecular flexibility index (Phi) is 4.41. The van der Waals surface area contributed by atoms with Gasteiger partial charge in [0, 0.05) is 18.0 Å². The molecule has 0 aromatic heterocycles. The van der Waals surface area contributed by atoms with Crippen LogP contribution in [0.2, 0.25) is 0 Å². The molecule has 120 valence electrons. The van der Waals surface area contributed by atoms with E-state index in [1.165, 1.54) is 24.3 Å². The fourth-order valence-corrected chi connectivity index (χ4v) is 2.79. The highest BCUT2D eigenvalue weighted by Crippen LogP contribution is 2.23. The molecule has 23 heavy (non-hydrogen) atoms. The van der Waals surface area contributed by atoms with E-state index in [1.807, 2.05) is 0 Å². The van der Waals surface area contributed by atoms with E-state index in [2.05, 4.69) is 5.32 Å². The van der Waals surface area contributed by atoms with Gasteiger partial charge in [-0.15, -0.1) is 0 Å². The van der Waals surface area contributed by atoms with Gasteiger partial charge in [-0.05, 0) is 24.3 Å². The second-order valence-electron chi connectivity index (χ2n) is 4.65. The summed E-state index contributed by atoms with van der Waals surface area (Å²) >= 11 is 0. The van der Waals surface area contributed by atoms with Gasteiger partial charge in [0.05, 0.1) is 15.4 Å². The number of anilines is 1. The van der Waals surface area contributed by atoms with Crippen molar-refractivity contribution in [1.82, 2.24) is 0 Å². The predicted molar refractivity (Wildman–Crippen MR) is 80.6 cm³/mol. The second-order valence-corrected chi connectivity index (χ2v) is 6.63. The highest BCUT2D eigenvalue weighted by molar-refractivity contribution is 7.90. The zero-order valence-corrected chi connectivity index (χ0v) is 12.6. The largest absolute Gasteiger partial charge is 0.322 e. The Labute approximate surface area is 130 Å². The molecule has 1 amide bonds. The van der Waals surface area contributed by atoms with Crippen LogP contribution in [0.1, 0.15) is 10.4 Å². The molecule has 2 rings (SSSR count). The van der Waals surface area contributed by atoms with Crippen LogP contribution in [0.5, 0.6) is 0 Å². The van der Waals surface area contributed by atoms with E-state index in [0.29, 0.717) is 0 Å². The van der Waals surface area contributed by atoms with E-state index in [4.69, 9.17) is 0 Å². The highest BCUT2D eigenvalue weighted by atomic mass is 32.2. The number of hydrogen-bond acceptors (Lipinski definition) is 5. The molecule has 0 bridgehead atoms. The number of benzene rings is 2. The number of carbonyl (C=O) groups is 1. The molecule has 0 saturated carbocycles. The van der Waals surface area contributed by atoms with Crippen molar-refractivity contribution in [3.8, 4) is 0 Å². The number of nitrogens with zero attached hydrogens (tertiary/aromatic N) is 1. The summed E-state index contributed by atoms with van der Waals surface area (Å²) in [6.45, 7) is 0. The lowest BCUT2D eigenvalue weighted by atomic mass is 10.2. The number of sulfone groups is 1. The van der Waals surface area contributed by atoms with E-state index < -0.39 is 32.2 Å². The van der Waals surface area contributed by atoms with Crippen molar-refractivity contribution in [2.75, 3.05) is 11.6 Å². The number of rotatable bonds is 4. The maximum Gasteiger partial charge on any atom is 0.306 e. The van der Waals surface area contributed by atoms with Gasteiger partial charge in [0.1, 0.15) is 0 Å². The number of nitrogens with one attached hydrogen (secondary N) is 1. The molecule has 0 aliphatic carbocycles. The smallest absolute Gasteiger partial charge is 0.306 e. The normalized spacial score (nSPS) is 11.0. The van der Waals surface area contributed by atoms with Crippen LogP contribution in [0, 0.1) is 15.9 Å². The third-order valence-electron chi connectivity index (χ3n) is 2.93. The van der Waals surface area contributed by atoms with Gasteiger partial charge in [0.2, 0.25) is 5.82 Å². The van der Waals surface area contributed by atoms with Crippen LogP contribution in [0.15, 0.2) is 47.4 Å². The topological polar surface area (TPSA) is 106 Å². The molecule has 1 N–H and O–H groups in total. The van der Waals surface area contributed by atoms with E-state index >= 15 is 0 Å². The Hall–Kier alpha value is -2.81. The zero-order chi connectivity index (χ0) is 17.2. The Bertz CT molecular complexity index is 896.